The third-order valence-corrected chi connectivity index (χ3v) is 3.53. The van der Waals surface area contributed by atoms with Gasteiger partial charge in [0.15, 0.2) is 0 Å². The normalized spacial score (nSPS) is 13.0. The molecule has 0 aliphatic carbocycles. The zero-order valence-corrected chi connectivity index (χ0v) is 13.5. The fourth-order valence-electron chi connectivity index (χ4n) is 2.36. The average Bonchev–Trinajstić information content (AvgIpc) is 2.40. The van der Waals surface area contributed by atoms with Crippen LogP contribution >= 0.6 is 0 Å². The summed E-state index contributed by atoms with van der Waals surface area (Å²) in [6, 6.07) is 13.9. The number of hydrogen-bond acceptors (Lipinski definition) is 2. The van der Waals surface area contributed by atoms with Crippen molar-refractivity contribution in [3.05, 3.63) is 59.2 Å². The van der Waals surface area contributed by atoms with E-state index in [1.165, 1.54) is 11.1 Å². The molecule has 2 nitrogen and oxygen atoms in total. The first-order chi connectivity index (χ1) is 9.79. The SMILES string of the molecule is Cc1ccc(Oc2ccccc2[C@@H](C)O)c(C(C)(C)C)c1. The summed E-state index contributed by atoms with van der Waals surface area (Å²) in [7, 11) is 0. The quantitative estimate of drug-likeness (QED) is 0.845. The van der Waals surface area contributed by atoms with Gasteiger partial charge < -0.3 is 9.84 Å². The molecule has 2 rings (SSSR count). The van der Waals surface area contributed by atoms with E-state index >= 15 is 0 Å². The minimum Gasteiger partial charge on any atom is -0.457 e. The van der Waals surface area contributed by atoms with Crippen LogP contribution in [-0.2, 0) is 5.41 Å². The maximum Gasteiger partial charge on any atom is 0.133 e. The molecule has 0 spiro atoms. The number of benzene rings is 2. The third kappa shape index (κ3) is 3.64. The van der Waals surface area contributed by atoms with Crippen molar-refractivity contribution < 1.29 is 9.84 Å². The van der Waals surface area contributed by atoms with Gasteiger partial charge in [-0.2, -0.15) is 0 Å². The molecular weight excluding hydrogens is 260 g/mol. The van der Waals surface area contributed by atoms with Crippen molar-refractivity contribution in [2.24, 2.45) is 0 Å². The van der Waals surface area contributed by atoms with E-state index in [2.05, 4.69) is 39.8 Å². The Bertz CT molecular complexity index is 622. The first-order valence-electron chi connectivity index (χ1n) is 7.35. The van der Waals surface area contributed by atoms with Crippen LogP contribution in [0.25, 0.3) is 0 Å². The Kier molecular flexibility index (Phi) is 4.38. The Labute approximate surface area is 127 Å². The van der Waals surface area contributed by atoms with Crippen molar-refractivity contribution >= 4 is 0 Å². The second-order valence-corrected chi connectivity index (χ2v) is 6.57. The maximum absolute atomic E-state index is 9.88. The molecule has 0 saturated carbocycles. The Balaban J connectivity index is 2.46. The predicted molar refractivity (Wildman–Crippen MR) is 87.0 cm³/mol. The molecule has 0 bridgehead atoms. The Hall–Kier alpha value is -1.80. The van der Waals surface area contributed by atoms with E-state index in [1.54, 1.807) is 6.92 Å². The van der Waals surface area contributed by atoms with Gasteiger partial charge in [-0.25, -0.2) is 0 Å². The Morgan fingerprint density at radius 3 is 2.29 bits per heavy atom. The van der Waals surface area contributed by atoms with E-state index in [-0.39, 0.29) is 5.41 Å². The van der Waals surface area contributed by atoms with E-state index in [0.29, 0.717) is 5.75 Å². The summed E-state index contributed by atoms with van der Waals surface area (Å²) in [5.41, 5.74) is 3.19. The highest BCUT2D eigenvalue weighted by molar-refractivity contribution is 5.46. The zero-order chi connectivity index (χ0) is 15.6. The zero-order valence-electron chi connectivity index (χ0n) is 13.5. The van der Waals surface area contributed by atoms with Crippen LogP contribution < -0.4 is 4.74 Å². The lowest BCUT2D eigenvalue weighted by atomic mass is 9.85. The van der Waals surface area contributed by atoms with Crippen LogP contribution in [0.3, 0.4) is 0 Å². The number of para-hydroxylation sites is 1. The second-order valence-electron chi connectivity index (χ2n) is 6.57. The molecule has 0 unspecified atom stereocenters. The summed E-state index contributed by atoms with van der Waals surface area (Å²) in [5, 5.41) is 9.88. The first-order valence-corrected chi connectivity index (χ1v) is 7.35. The minimum absolute atomic E-state index is 0.00112. The monoisotopic (exact) mass is 284 g/mol. The van der Waals surface area contributed by atoms with E-state index in [9.17, 15) is 5.11 Å². The fraction of sp³-hybridized carbons (Fsp3) is 0.368. The van der Waals surface area contributed by atoms with Crippen molar-refractivity contribution in [1.29, 1.82) is 0 Å². The molecule has 21 heavy (non-hydrogen) atoms. The molecule has 0 amide bonds. The maximum atomic E-state index is 9.88. The third-order valence-electron chi connectivity index (χ3n) is 3.53. The molecule has 2 heteroatoms. The number of rotatable bonds is 3. The van der Waals surface area contributed by atoms with Gasteiger partial charge in [-0.05, 0) is 31.4 Å². The molecule has 1 atom stereocenters. The van der Waals surface area contributed by atoms with Crippen molar-refractivity contribution in [3.8, 4) is 11.5 Å². The second kappa shape index (κ2) is 5.90. The molecule has 0 radical (unpaired) electrons. The molecule has 2 aromatic rings. The Morgan fingerprint density at radius 2 is 1.67 bits per heavy atom. The lowest BCUT2D eigenvalue weighted by Crippen LogP contribution is -2.13. The van der Waals surface area contributed by atoms with Crippen molar-refractivity contribution in [3.63, 3.8) is 0 Å². The Morgan fingerprint density at radius 1 is 1.00 bits per heavy atom. The standard InChI is InChI=1S/C19H24O2/c1-13-10-11-18(16(12-13)19(3,4)5)21-17-9-7-6-8-15(17)14(2)20/h6-12,14,20H,1-5H3/t14-/m1/s1. The van der Waals surface area contributed by atoms with Crippen LogP contribution in [0.2, 0.25) is 0 Å². The number of ether oxygens (including phenoxy) is 1. The molecule has 0 aromatic heterocycles. The van der Waals surface area contributed by atoms with Gasteiger partial charge in [-0.3, -0.25) is 0 Å². The molecule has 2 aromatic carbocycles. The van der Waals surface area contributed by atoms with E-state index in [1.807, 2.05) is 30.3 Å². The lowest BCUT2D eigenvalue weighted by molar-refractivity contribution is 0.195. The summed E-state index contributed by atoms with van der Waals surface area (Å²) in [6.45, 7) is 10.4. The van der Waals surface area contributed by atoms with Gasteiger partial charge in [-0.15, -0.1) is 0 Å². The van der Waals surface area contributed by atoms with Crippen LogP contribution in [0.5, 0.6) is 11.5 Å². The molecule has 0 fully saturated rings. The summed E-state index contributed by atoms with van der Waals surface area (Å²) in [5.74, 6) is 1.56. The highest BCUT2D eigenvalue weighted by Gasteiger charge is 2.20. The van der Waals surface area contributed by atoms with Crippen molar-refractivity contribution in [2.75, 3.05) is 0 Å². The number of aliphatic hydroxyl groups excluding tert-OH is 1. The highest BCUT2D eigenvalue weighted by Crippen LogP contribution is 2.36. The van der Waals surface area contributed by atoms with Gasteiger partial charge in [0.05, 0.1) is 6.10 Å². The van der Waals surface area contributed by atoms with Gasteiger partial charge in [0.1, 0.15) is 11.5 Å². The molecule has 112 valence electrons. The van der Waals surface area contributed by atoms with Crippen LogP contribution in [0.1, 0.15) is 50.5 Å². The number of hydrogen-bond donors (Lipinski definition) is 1. The molecule has 0 heterocycles. The molecule has 0 aliphatic heterocycles. The first kappa shape index (κ1) is 15.6. The van der Waals surface area contributed by atoms with Gasteiger partial charge in [0.25, 0.3) is 0 Å². The van der Waals surface area contributed by atoms with E-state index in [0.717, 1.165) is 11.3 Å². The van der Waals surface area contributed by atoms with Crippen molar-refractivity contribution in [1.82, 2.24) is 0 Å². The molecule has 0 aliphatic rings. The smallest absolute Gasteiger partial charge is 0.133 e. The topological polar surface area (TPSA) is 29.5 Å². The summed E-state index contributed by atoms with van der Waals surface area (Å²) in [6.07, 6.45) is -0.551. The predicted octanol–water partition coefficient (Wildman–Crippen LogP) is 5.14. The largest absolute Gasteiger partial charge is 0.457 e. The molecular formula is C19H24O2. The minimum atomic E-state index is -0.551. The molecule has 0 saturated heterocycles. The summed E-state index contributed by atoms with van der Waals surface area (Å²) in [4.78, 5) is 0. The number of aliphatic hydroxyl groups is 1. The summed E-state index contributed by atoms with van der Waals surface area (Å²) < 4.78 is 6.12. The van der Waals surface area contributed by atoms with Gasteiger partial charge >= 0.3 is 0 Å². The number of aryl methyl sites for hydroxylation is 1. The molecule has 1 N–H and O–H groups in total. The van der Waals surface area contributed by atoms with Gasteiger partial charge in [0, 0.05) is 11.1 Å². The fourth-order valence-corrected chi connectivity index (χ4v) is 2.36. The average molecular weight is 284 g/mol. The lowest BCUT2D eigenvalue weighted by Gasteiger charge is -2.24. The van der Waals surface area contributed by atoms with Crippen LogP contribution in [0.15, 0.2) is 42.5 Å². The van der Waals surface area contributed by atoms with Gasteiger partial charge in [0.2, 0.25) is 0 Å². The highest BCUT2D eigenvalue weighted by atomic mass is 16.5. The van der Waals surface area contributed by atoms with E-state index < -0.39 is 6.10 Å². The van der Waals surface area contributed by atoms with Crippen LogP contribution in [0, 0.1) is 6.92 Å². The van der Waals surface area contributed by atoms with E-state index in [4.69, 9.17) is 4.74 Å². The van der Waals surface area contributed by atoms with Crippen LogP contribution in [-0.4, -0.2) is 5.11 Å². The van der Waals surface area contributed by atoms with Crippen molar-refractivity contribution in [2.45, 2.75) is 46.1 Å². The van der Waals surface area contributed by atoms with Crippen LogP contribution in [0.4, 0.5) is 0 Å². The summed E-state index contributed by atoms with van der Waals surface area (Å²) >= 11 is 0. The van der Waals surface area contributed by atoms with Gasteiger partial charge in [-0.1, -0.05) is 56.7 Å².